The van der Waals surface area contributed by atoms with Gasteiger partial charge >= 0.3 is 0 Å². The van der Waals surface area contributed by atoms with Gasteiger partial charge in [-0.1, -0.05) is 42.5 Å². The monoisotopic (exact) mass is 530 g/mol. The van der Waals surface area contributed by atoms with Crippen molar-refractivity contribution in [2.45, 2.75) is 25.4 Å². The summed E-state index contributed by atoms with van der Waals surface area (Å²) in [4.78, 5) is 16.3. The minimum atomic E-state index is 0. The van der Waals surface area contributed by atoms with Crippen LogP contribution >= 0.6 is 24.0 Å². The molecule has 0 radical (unpaired) electrons. The van der Waals surface area contributed by atoms with Crippen molar-refractivity contribution in [1.29, 1.82) is 0 Å². The Morgan fingerprint density at radius 1 is 1.16 bits per heavy atom. The van der Waals surface area contributed by atoms with Gasteiger partial charge in [-0.3, -0.25) is 14.5 Å². The Hall–Kier alpha value is -2.88. The van der Waals surface area contributed by atoms with Gasteiger partial charge in [0.05, 0.1) is 6.54 Å². The summed E-state index contributed by atoms with van der Waals surface area (Å²) in [5.74, 6) is 0.888. The molecule has 0 spiro atoms. The summed E-state index contributed by atoms with van der Waals surface area (Å²) < 4.78 is 1.91. The molecule has 8 heteroatoms. The first-order valence-corrected chi connectivity index (χ1v) is 10.1. The second kappa shape index (κ2) is 10.9. The Kier molecular flexibility index (Phi) is 8.05. The number of hydrogen-bond donors (Lipinski definition) is 3. The molecule has 1 amide bonds. The van der Waals surface area contributed by atoms with Crippen LogP contribution in [-0.2, 0) is 17.9 Å². The molecule has 3 aromatic rings. The predicted octanol–water partition coefficient (Wildman–Crippen LogP) is 3.34. The zero-order valence-corrected chi connectivity index (χ0v) is 19.7. The summed E-state index contributed by atoms with van der Waals surface area (Å²) in [5.41, 5.74) is 4.43. The third kappa shape index (κ3) is 6.06. The topological polar surface area (TPSA) is 83.3 Å². The van der Waals surface area contributed by atoms with Crippen LogP contribution in [0.5, 0.6) is 0 Å². The number of hydrogen-bond acceptors (Lipinski definition) is 3. The van der Waals surface area contributed by atoms with Crippen molar-refractivity contribution in [2.75, 3.05) is 18.9 Å². The molecule has 1 aromatic heterocycles. The number of carbonyl (C=O) groups excluding carboxylic acids is 1. The lowest BCUT2D eigenvalue weighted by Gasteiger charge is -2.26. The third-order valence-corrected chi connectivity index (χ3v) is 5.20. The summed E-state index contributed by atoms with van der Waals surface area (Å²) in [6, 6.07) is 18.3. The van der Waals surface area contributed by atoms with Gasteiger partial charge in [-0.2, -0.15) is 5.10 Å². The van der Waals surface area contributed by atoms with E-state index in [2.05, 4.69) is 56.4 Å². The van der Waals surface area contributed by atoms with Crippen LogP contribution in [0.1, 0.15) is 29.0 Å². The van der Waals surface area contributed by atoms with Crippen molar-refractivity contribution in [1.82, 2.24) is 20.4 Å². The van der Waals surface area contributed by atoms with Crippen molar-refractivity contribution < 1.29 is 4.79 Å². The van der Waals surface area contributed by atoms with Gasteiger partial charge in [0.15, 0.2) is 5.96 Å². The molecule has 1 aliphatic heterocycles. The fourth-order valence-corrected chi connectivity index (χ4v) is 3.73. The molecule has 7 nitrogen and oxygen atoms in total. The maximum Gasteiger partial charge on any atom is 0.225 e. The molecule has 0 fully saturated rings. The molecule has 1 aliphatic rings. The molecule has 4 rings (SSSR count). The maximum absolute atomic E-state index is 12.0. The Morgan fingerprint density at radius 2 is 2.00 bits per heavy atom. The number of guanidine groups is 1. The zero-order chi connectivity index (χ0) is 20.8. The van der Waals surface area contributed by atoms with Gasteiger partial charge in [-0.05, 0) is 28.8 Å². The van der Waals surface area contributed by atoms with Crippen LogP contribution in [-0.4, -0.2) is 35.2 Å². The van der Waals surface area contributed by atoms with E-state index in [9.17, 15) is 4.79 Å². The maximum atomic E-state index is 12.0. The number of anilines is 1. The van der Waals surface area contributed by atoms with Crippen molar-refractivity contribution in [3.05, 3.63) is 83.7 Å². The van der Waals surface area contributed by atoms with Gasteiger partial charge in [-0.25, -0.2) is 0 Å². The highest BCUT2D eigenvalue weighted by molar-refractivity contribution is 14.0. The molecule has 0 bridgehead atoms. The molecule has 1 atom stereocenters. The van der Waals surface area contributed by atoms with E-state index in [4.69, 9.17) is 0 Å². The van der Waals surface area contributed by atoms with Gasteiger partial charge in [-0.15, -0.1) is 24.0 Å². The lowest BCUT2D eigenvalue weighted by Crippen LogP contribution is -2.40. The first-order chi connectivity index (χ1) is 14.7. The summed E-state index contributed by atoms with van der Waals surface area (Å²) in [5, 5.41) is 13.9. The van der Waals surface area contributed by atoms with Crippen LogP contribution in [0.3, 0.4) is 0 Å². The second-order valence-electron chi connectivity index (χ2n) is 7.37. The minimum Gasteiger partial charge on any atom is -0.356 e. The number of nitrogens with one attached hydrogen (secondary N) is 3. The Bertz CT molecular complexity index is 1030. The number of benzene rings is 2. The Labute approximate surface area is 199 Å². The SMILES string of the molecule is CN=C(NCc1cccc(Cn2cccn2)c1)NCC1CC(=O)Nc2ccccc21.I. The van der Waals surface area contributed by atoms with E-state index in [-0.39, 0.29) is 35.8 Å². The van der Waals surface area contributed by atoms with Crippen LogP contribution in [0.4, 0.5) is 5.69 Å². The van der Waals surface area contributed by atoms with E-state index in [0.717, 1.165) is 23.8 Å². The third-order valence-electron chi connectivity index (χ3n) is 5.20. The zero-order valence-electron chi connectivity index (χ0n) is 17.4. The fourth-order valence-electron chi connectivity index (χ4n) is 3.73. The molecule has 3 N–H and O–H groups in total. The quantitative estimate of drug-likeness (QED) is 0.260. The number of amides is 1. The normalized spacial score (nSPS) is 15.5. The van der Waals surface area contributed by atoms with E-state index in [1.807, 2.05) is 35.1 Å². The summed E-state index contributed by atoms with van der Waals surface area (Å²) in [6.07, 6.45) is 4.21. The molecule has 0 saturated carbocycles. The summed E-state index contributed by atoms with van der Waals surface area (Å²) in [7, 11) is 1.75. The number of para-hydroxylation sites is 1. The predicted molar refractivity (Wildman–Crippen MR) is 134 cm³/mol. The molecular formula is C23H27IN6O. The molecule has 0 aliphatic carbocycles. The number of fused-ring (bicyclic) bond motifs is 1. The number of carbonyl (C=O) groups is 1. The van der Waals surface area contributed by atoms with E-state index in [0.29, 0.717) is 19.5 Å². The molecule has 1 unspecified atom stereocenters. The van der Waals surface area contributed by atoms with Gasteiger partial charge in [0, 0.05) is 50.6 Å². The highest BCUT2D eigenvalue weighted by atomic mass is 127. The van der Waals surface area contributed by atoms with Gasteiger partial charge in [0.25, 0.3) is 0 Å². The van der Waals surface area contributed by atoms with Crippen LogP contribution in [0.2, 0.25) is 0 Å². The van der Waals surface area contributed by atoms with Crippen molar-refractivity contribution in [2.24, 2.45) is 4.99 Å². The highest BCUT2D eigenvalue weighted by Gasteiger charge is 2.24. The van der Waals surface area contributed by atoms with Crippen LogP contribution in [0.15, 0.2) is 72.0 Å². The molecule has 162 valence electrons. The van der Waals surface area contributed by atoms with E-state index < -0.39 is 0 Å². The molecule has 0 saturated heterocycles. The van der Waals surface area contributed by atoms with Crippen LogP contribution in [0.25, 0.3) is 0 Å². The van der Waals surface area contributed by atoms with Crippen molar-refractivity contribution >= 4 is 41.5 Å². The molecule has 2 aromatic carbocycles. The van der Waals surface area contributed by atoms with E-state index in [1.54, 1.807) is 13.2 Å². The van der Waals surface area contributed by atoms with E-state index >= 15 is 0 Å². The lowest BCUT2D eigenvalue weighted by molar-refractivity contribution is -0.116. The fraction of sp³-hybridized carbons (Fsp3) is 0.261. The second-order valence-corrected chi connectivity index (χ2v) is 7.37. The summed E-state index contributed by atoms with van der Waals surface area (Å²) >= 11 is 0. The lowest BCUT2D eigenvalue weighted by atomic mass is 9.90. The highest BCUT2D eigenvalue weighted by Crippen LogP contribution is 2.31. The van der Waals surface area contributed by atoms with Crippen molar-refractivity contribution in [3.63, 3.8) is 0 Å². The molecule has 31 heavy (non-hydrogen) atoms. The molecule has 2 heterocycles. The van der Waals surface area contributed by atoms with Crippen LogP contribution in [0, 0.1) is 0 Å². The van der Waals surface area contributed by atoms with Gasteiger partial charge in [0.2, 0.25) is 5.91 Å². The average molecular weight is 530 g/mol. The largest absolute Gasteiger partial charge is 0.356 e. The smallest absolute Gasteiger partial charge is 0.225 e. The molecular weight excluding hydrogens is 503 g/mol. The average Bonchev–Trinajstić information content (AvgIpc) is 3.27. The standard InChI is InChI=1S/C23H26N6O.HI/c1-24-23(26-15-19-13-22(30)28-21-9-3-2-8-20(19)21)25-14-17-6-4-7-18(12-17)16-29-11-5-10-27-29;/h2-12,19H,13-16H2,1H3,(H,28,30)(H2,24,25,26);1H. The number of rotatable bonds is 6. The van der Waals surface area contributed by atoms with Crippen molar-refractivity contribution in [3.8, 4) is 0 Å². The van der Waals surface area contributed by atoms with E-state index in [1.165, 1.54) is 11.1 Å². The van der Waals surface area contributed by atoms with Crippen LogP contribution < -0.4 is 16.0 Å². The minimum absolute atomic E-state index is 0. The summed E-state index contributed by atoms with van der Waals surface area (Å²) in [6.45, 7) is 2.05. The number of aromatic nitrogens is 2. The van der Waals surface area contributed by atoms with Gasteiger partial charge in [0.1, 0.15) is 0 Å². The number of aliphatic imine (C=N–C) groups is 1. The first kappa shape index (κ1) is 22.8. The van der Waals surface area contributed by atoms with Gasteiger partial charge < -0.3 is 16.0 Å². The number of nitrogens with zero attached hydrogens (tertiary/aromatic N) is 3. The Balaban J connectivity index is 0.00000272. The Morgan fingerprint density at radius 3 is 2.81 bits per heavy atom. The number of halogens is 1. The first-order valence-electron chi connectivity index (χ1n) is 10.1.